The van der Waals surface area contributed by atoms with Crippen LogP contribution in [0.3, 0.4) is 0 Å². The Balaban J connectivity index is 1.20. The van der Waals surface area contributed by atoms with E-state index in [-0.39, 0.29) is 42.0 Å². The Labute approximate surface area is 201 Å². The first-order chi connectivity index (χ1) is 16.7. The lowest BCUT2D eigenvalue weighted by molar-refractivity contribution is -0.147. The summed E-state index contributed by atoms with van der Waals surface area (Å²) in [5, 5.41) is 3.22. The zero-order valence-corrected chi connectivity index (χ0v) is 19.9. The Morgan fingerprint density at radius 3 is 2.47 bits per heavy atom. The van der Waals surface area contributed by atoms with Crippen molar-refractivity contribution in [3.05, 3.63) is 18.5 Å². The standard InChI is InChI=1S/C25H37N5O4/c31-23(22-8-3-16-33-22)28-20-7-2-13-30(24(32)18-5-1-6-18)21(20)17-34-19-9-14-29(15-10-19)25-26-11-4-12-27-25/h4,11-12,18-22H,1-3,5-10,13-17H2,(H,28,31)/t20-,21-,22-/m0/s1. The molecule has 0 radical (unpaired) electrons. The molecule has 4 heterocycles. The summed E-state index contributed by atoms with van der Waals surface area (Å²) < 4.78 is 12.0. The van der Waals surface area contributed by atoms with E-state index in [1.807, 2.05) is 11.0 Å². The highest BCUT2D eigenvalue weighted by Crippen LogP contribution is 2.31. The maximum Gasteiger partial charge on any atom is 0.249 e. The number of carbonyl (C=O) groups excluding carboxylic acids is 2. The van der Waals surface area contributed by atoms with Gasteiger partial charge in [-0.25, -0.2) is 9.97 Å². The van der Waals surface area contributed by atoms with Gasteiger partial charge in [0.05, 0.1) is 24.8 Å². The molecule has 0 unspecified atom stereocenters. The molecule has 0 aromatic carbocycles. The van der Waals surface area contributed by atoms with E-state index >= 15 is 0 Å². The molecule has 4 fully saturated rings. The maximum absolute atomic E-state index is 13.2. The summed E-state index contributed by atoms with van der Waals surface area (Å²) in [6, 6.07) is 1.61. The highest BCUT2D eigenvalue weighted by molar-refractivity contribution is 5.82. The quantitative estimate of drug-likeness (QED) is 0.649. The number of rotatable bonds is 7. The van der Waals surface area contributed by atoms with E-state index in [2.05, 4.69) is 20.2 Å². The van der Waals surface area contributed by atoms with Crippen LogP contribution >= 0.6 is 0 Å². The highest BCUT2D eigenvalue weighted by atomic mass is 16.5. The summed E-state index contributed by atoms with van der Waals surface area (Å²) in [4.78, 5) is 39.0. The fourth-order valence-corrected chi connectivity index (χ4v) is 5.57. The Hall–Kier alpha value is -2.26. The minimum Gasteiger partial charge on any atom is -0.376 e. The minimum absolute atomic E-state index is 0.0402. The maximum atomic E-state index is 13.2. The molecule has 9 heteroatoms. The van der Waals surface area contributed by atoms with Gasteiger partial charge in [-0.1, -0.05) is 6.42 Å². The number of hydrogen-bond acceptors (Lipinski definition) is 7. The van der Waals surface area contributed by atoms with Gasteiger partial charge in [0.25, 0.3) is 0 Å². The molecule has 1 aromatic heterocycles. The van der Waals surface area contributed by atoms with Gasteiger partial charge in [0.2, 0.25) is 17.8 Å². The van der Waals surface area contributed by atoms with Gasteiger partial charge in [0, 0.05) is 44.6 Å². The van der Waals surface area contributed by atoms with Crippen molar-refractivity contribution in [3.63, 3.8) is 0 Å². The van der Waals surface area contributed by atoms with Crippen molar-refractivity contribution in [3.8, 4) is 0 Å². The Bertz CT molecular complexity index is 822. The Kier molecular flexibility index (Phi) is 7.59. The normalized spacial score (nSPS) is 28.5. The van der Waals surface area contributed by atoms with Gasteiger partial charge in [0.1, 0.15) is 6.10 Å². The predicted molar refractivity (Wildman–Crippen MR) is 126 cm³/mol. The summed E-state index contributed by atoms with van der Waals surface area (Å²) in [7, 11) is 0. The van der Waals surface area contributed by atoms with Gasteiger partial charge < -0.3 is 24.6 Å². The number of likely N-dealkylation sites (tertiary alicyclic amines) is 1. The average molecular weight is 472 g/mol. The number of hydrogen-bond donors (Lipinski definition) is 1. The summed E-state index contributed by atoms with van der Waals surface area (Å²) >= 11 is 0. The number of nitrogens with one attached hydrogen (secondary N) is 1. The van der Waals surface area contributed by atoms with Gasteiger partial charge in [-0.05, 0) is 57.4 Å². The van der Waals surface area contributed by atoms with Gasteiger partial charge in [-0.15, -0.1) is 0 Å². The summed E-state index contributed by atoms with van der Waals surface area (Å²) in [5.41, 5.74) is 0. The van der Waals surface area contributed by atoms with E-state index < -0.39 is 0 Å². The van der Waals surface area contributed by atoms with Gasteiger partial charge in [0.15, 0.2) is 0 Å². The minimum atomic E-state index is -0.358. The third kappa shape index (κ3) is 5.35. The van der Waals surface area contributed by atoms with Gasteiger partial charge in [-0.3, -0.25) is 9.59 Å². The predicted octanol–water partition coefficient (Wildman–Crippen LogP) is 1.92. The molecule has 1 aromatic rings. The molecule has 1 aliphatic carbocycles. The molecule has 2 amide bonds. The van der Waals surface area contributed by atoms with E-state index in [0.29, 0.717) is 13.2 Å². The van der Waals surface area contributed by atoms with Crippen LogP contribution in [0, 0.1) is 5.92 Å². The van der Waals surface area contributed by atoms with Crippen LogP contribution in [0.15, 0.2) is 18.5 Å². The van der Waals surface area contributed by atoms with Crippen molar-refractivity contribution in [1.82, 2.24) is 20.2 Å². The first-order valence-electron chi connectivity index (χ1n) is 13.0. The lowest BCUT2D eigenvalue weighted by atomic mass is 9.83. The van der Waals surface area contributed by atoms with E-state index in [1.165, 1.54) is 0 Å². The van der Waals surface area contributed by atoms with E-state index in [0.717, 1.165) is 83.4 Å². The Morgan fingerprint density at radius 2 is 1.79 bits per heavy atom. The van der Waals surface area contributed by atoms with Gasteiger partial charge in [-0.2, -0.15) is 0 Å². The topological polar surface area (TPSA) is 96.9 Å². The number of carbonyl (C=O) groups is 2. The van der Waals surface area contributed by atoms with Crippen LogP contribution in [0.5, 0.6) is 0 Å². The molecule has 34 heavy (non-hydrogen) atoms. The van der Waals surface area contributed by atoms with Crippen LogP contribution in [0.25, 0.3) is 0 Å². The zero-order valence-electron chi connectivity index (χ0n) is 19.9. The first kappa shape index (κ1) is 23.5. The van der Waals surface area contributed by atoms with E-state index in [4.69, 9.17) is 9.47 Å². The second-order valence-corrected chi connectivity index (χ2v) is 10.1. The van der Waals surface area contributed by atoms with Crippen LogP contribution in [-0.4, -0.2) is 83.8 Å². The van der Waals surface area contributed by atoms with Crippen LogP contribution in [0.2, 0.25) is 0 Å². The summed E-state index contributed by atoms with van der Waals surface area (Å²) in [5.74, 6) is 1.11. The number of ether oxygens (including phenoxy) is 2. The molecule has 3 atom stereocenters. The van der Waals surface area contributed by atoms with Gasteiger partial charge >= 0.3 is 0 Å². The van der Waals surface area contributed by atoms with Crippen LogP contribution < -0.4 is 10.2 Å². The average Bonchev–Trinajstić information content (AvgIpc) is 3.38. The molecule has 9 nitrogen and oxygen atoms in total. The van der Waals surface area contributed by atoms with E-state index in [9.17, 15) is 9.59 Å². The summed E-state index contributed by atoms with van der Waals surface area (Å²) in [6.45, 7) is 3.56. The van der Waals surface area contributed by atoms with Crippen LogP contribution in [0.1, 0.15) is 57.8 Å². The largest absolute Gasteiger partial charge is 0.376 e. The number of amides is 2. The Morgan fingerprint density at radius 1 is 1.00 bits per heavy atom. The van der Waals surface area contributed by atoms with Crippen LogP contribution in [0.4, 0.5) is 5.95 Å². The molecule has 3 aliphatic heterocycles. The molecular formula is C25H37N5O4. The van der Waals surface area contributed by atoms with Crippen molar-refractivity contribution in [2.45, 2.75) is 82.1 Å². The van der Waals surface area contributed by atoms with Crippen LogP contribution in [-0.2, 0) is 19.1 Å². The van der Waals surface area contributed by atoms with Crippen molar-refractivity contribution in [1.29, 1.82) is 0 Å². The molecule has 3 saturated heterocycles. The summed E-state index contributed by atoms with van der Waals surface area (Å²) in [6.07, 6.45) is 11.7. The lowest BCUT2D eigenvalue weighted by Crippen LogP contribution is -2.61. The first-order valence-corrected chi connectivity index (χ1v) is 13.0. The molecule has 4 aliphatic rings. The monoisotopic (exact) mass is 471 g/mol. The van der Waals surface area contributed by atoms with Crippen molar-refractivity contribution in [2.24, 2.45) is 5.92 Å². The lowest BCUT2D eigenvalue weighted by Gasteiger charge is -2.44. The molecule has 5 rings (SSSR count). The number of aromatic nitrogens is 2. The second kappa shape index (κ2) is 11.0. The molecule has 0 spiro atoms. The number of piperidine rings is 2. The molecule has 1 N–H and O–H groups in total. The molecule has 186 valence electrons. The van der Waals surface area contributed by atoms with Crippen molar-refractivity contribution in [2.75, 3.05) is 37.7 Å². The van der Waals surface area contributed by atoms with Crippen molar-refractivity contribution < 1.29 is 19.1 Å². The third-order valence-electron chi connectivity index (χ3n) is 7.85. The second-order valence-electron chi connectivity index (χ2n) is 10.1. The number of nitrogens with zero attached hydrogens (tertiary/aromatic N) is 4. The number of anilines is 1. The fourth-order valence-electron chi connectivity index (χ4n) is 5.57. The smallest absolute Gasteiger partial charge is 0.249 e. The fraction of sp³-hybridized carbons (Fsp3) is 0.760. The van der Waals surface area contributed by atoms with Crippen molar-refractivity contribution >= 4 is 17.8 Å². The molecular weight excluding hydrogens is 434 g/mol. The zero-order chi connectivity index (χ0) is 23.3. The SMILES string of the molecule is O=C(N[C@H]1CCCN(C(=O)C2CCC2)[C@H]1COC1CCN(c2ncccn2)CC1)[C@@H]1CCCO1. The molecule has 0 bridgehead atoms. The highest BCUT2D eigenvalue weighted by Gasteiger charge is 2.40. The molecule has 1 saturated carbocycles. The third-order valence-corrected chi connectivity index (χ3v) is 7.85. The van der Waals surface area contributed by atoms with E-state index in [1.54, 1.807) is 12.4 Å².